The van der Waals surface area contributed by atoms with Gasteiger partial charge in [0, 0.05) is 6.54 Å². The average Bonchev–Trinajstić information content (AvgIpc) is 2.81. The monoisotopic (exact) mass is 231 g/mol. The number of benzene rings is 1. The highest BCUT2D eigenvalue weighted by atomic mass is 16.5. The standard InChI is InChI=1S/C15H21NO/c1-11-5-7-13(8-6-11)17-14-4-2-3-12-9-10-16-15(12)14/h2-4,11,13,16H,5-10H2,1H3. The van der Waals surface area contributed by atoms with Crippen molar-refractivity contribution < 1.29 is 4.74 Å². The largest absolute Gasteiger partial charge is 0.488 e. The van der Waals surface area contributed by atoms with E-state index < -0.39 is 0 Å². The quantitative estimate of drug-likeness (QED) is 0.839. The molecule has 1 aliphatic heterocycles. The number of anilines is 1. The van der Waals surface area contributed by atoms with Gasteiger partial charge in [0.2, 0.25) is 0 Å². The molecule has 1 N–H and O–H groups in total. The highest BCUT2D eigenvalue weighted by Gasteiger charge is 2.22. The molecule has 2 nitrogen and oxygen atoms in total. The van der Waals surface area contributed by atoms with E-state index >= 15 is 0 Å². The van der Waals surface area contributed by atoms with E-state index in [1.54, 1.807) is 0 Å². The Morgan fingerprint density at radius 3 is 2.82 bits per heavy atom. The van der Waals surface area contributed by atoms with Crippen molar-refractivity contribution in [2.24, 2.45) is 5.92 Å². The zero-order chi connectivity index (χ0) is 11.7. The number of fused-ring (bicyclic) bond motifs is 1. The lowest BCUT2D eigenvalue weighted by molar-refractivity contribution is 0.136. The van der Waals surface area contributed by atoms with Gasteiger partial charge in [0.15, 0.2) is 0 Å². The summed E-state index contributed by atoms with van der Waals surface area (Å²) in [5.74, 6) is 1.95. The lowest BCUT2D eigenvalue weighted by atomic mass is 9.89. The van der Waals surface area contributed by atoms with Crippen molar-refractivity contribution in [2.75, 3.05) is 11.9 Å². The molecule has 0 spiro atoms. The topological polar surface area (TPSA) is 21.3 Å². The van der Waals surface area contributed by atoms with Gasteiger partial charge in [-0.25, -0.2) is 0 Å². The summed E-state index contributed by atoms with van der Waals surface area (Å²) < 4.78 is 6.18. The van der Waals surface area contributed by atoms with E-state index in [0.29, 0.717) is 6.10 Å². The smallest absolute Gasteiger partial charge is 0.143 e. The van der Waals surface area contributed by atoms with Crippen LogP contribution in [0.4, 0.5) is 5.69 Å². The third-order valence-corrected chi connectivity index (χ3v) is 4.07. The average molecular weight is 231 g/mol. The Hall–Kier alpha value is -1.18. The van der Waals surface area contributed by atoms with Gasteiger partial charge in [-0.15, -0.1) is 0 Å². The third-order valence-electron chi connectivity index (χ3n) is 4.07. The van der Waals surface area contributed by atoms with Gasteiger partial charge in [-0.2, -0.15) is 0 Å². The third kappa shape index (κ3) is 2.26. The van der Waals surface area contributed by atoms with Crippen LogP contribution in [0.1, 0.15) is 38.2 Å². The molecule has 0 radical (unpaired) electrons. The summed E-state index contributed by atoms with van der Waals surface area (Å²) in [7, 11) is 0. The van der Waals surface area contributed by atoms with Crippen LogP contribution in [0.15, 0.2) is 18.2 Å². The lowest BCUT2D eigenvalue weighted by Crippen LogP contribution is -2.23. The summed E-state index contributed by atoms with van der Waals surface area (Å²) in [6, 6.07) is 6.42. The van der Waals surface area contributed by atoms with E-state index in [4.69, 9.17) is 4.74 Å². The molecule has 17 heavy (non-hydrogen) atoms. The van der Waals surface area contributed by atoms with E-state index in [0.717, 1.165) is 24.6 Å². The van der Waals surface area contributed by atoms with Crippen LogP contribution in [0.2, 0.25) is 0 Å². The van der Waals surface area contributed by atoms with Crippen molar-refractivity contribution in [3.63, 3.8) is 0 Å². The second-order valence-corrected chi connectivity index (χ2v) is 5.47. The van der Waals surface area contributed by atoms with Gasteiger partial charge in [0.25, 0.3) is 0 Å². The molecular weight excluding hydrogens is 210 g/mol. The molecule has 0 bridgehead atoms. The van der Waals surface area contributed by atoms with E-state index in [2.05, 4.69) is 30.4 Å². The number of nitrogens with one attached hydrogen (secondary N) is 1. The number of hydrogen-bond donors (Lipinski definition) is 1. The molecule has 1 saturated carbocycles. The molecule has 92 valence electrons. The number of ether oxygens (including phenoxy) is 1. The van der Waals surface area contributed by atoms with Gasteiger partial charge >= 0.3 is 0 Å². The van der Waals surface area contributed by atoms with Gasteiger partial charge in [-0.05, 0) is 49.7 Å². The Morgan fingerprint density at radius 1 is 1.18 bits per heavy atom. The van der Waals surface area contributed by atoms with Gasteiger partial charge < -0.3 is 10.1 Å². The van der Waals surface area contributed by atoms with Crippen LogP contribution in [0, 0.1) is 5.92 Å². The van der Waals surface area contributed by atoms with Crippen molar-refractivity contribution in [1.82, 2.24) is 0 Å². The molecule has 2 heteroatoms. The maximum atomic E-state index is 6.18. The molecule has 0 atom stereocenters. The fraction of sp³-hybridized carbons (Fsp3) is 0.600. The molecule has 3 rings (SSSR count). The van der Waals surface area contributed by atoms with Crippen LogP contribution in [-0.2, 0) is 6.42 Å². The maximum Gasteiger partial charge on any atom is 0.143 e. The fourth-order valence-corrected chi connectivity index (χ4v) is 2.93. The first-order valence-corrected chi connectivity index (χ1v) is 6.85. The first-order valence-electron chi connectivity index (χ1n) is 6.85. The number of hydrogen-bond acceptors (Lipinski definition) is 2. The fourth-order valence-electron chi connectivity index (χ4n) is 2.93. The molecule has 1 aliphatic carbocycles. The van der Waals surface area contributed by atoms with E-state index in [9.17, 15) is 0 Å². The second kappa shape index (κ2) is 4.59. The molecule has 2 aliphatic rings. The summed E-state index contributed by atoms with van der Waals surface area (Å²) in [4.78, 5) is 0. The van der Waals surface area contributed by atoms with Crippen molar-refractivity contribution in [3.8, 4) is 5.75 Å². The maximum absolute atomic E-state index is 6.18. The normalized spacial score (nSPS) is 27.4. The Kier molecular flexibility index (Phi) is 2.96. The highest BCUT2D eigenvalue weighted by molar-refractivity contribution is 5.65. The zero-order valence-electron chi connectivity index (χ0n) is 10.5. The minimum atomic E-state index is 0.431. The molecular formula is C15H21NO. The van der Waals surface area contributed by atoms with Crippen molar-refractivity contribution in [1.29, 1.82) is 0 Å². The van der Waals surface area contributed by atoms with Crippen LogP contribution < -0.4 is 10.1 Å². The SMILES string of the molecule is CC1CCC(Oc2cccc3c2NCC3)CC1. The summed E-state index contributed by atoms with van der Waals surface area (Å²) >= 11 is 0. The molecule has 0 saturated heterocycles. The van der Waals surface area contributed by atoms with Gasteiger partial charge in [0.1, 0.15) is 5.75 Å². The molecule has 1 fully saturated rings. The lowest BCUT2D eigenvalue weighted by Gasteiger charge is -2.27. The number of para-hydroxylation sites is 1. The zero-order valence-corrected chi connectivity index (χ0v) is 10.5. The van der Waals surface area contributed by atoms with Crippen molar-refractivity contribution >= 4 is 5.69 Å². The Bertz CT molecular complexity index is 394. The first-order chi connectivity index (χ1) is 8.33. The van der Waals surface area contributed by atoms with E-state index in [1.165, 1.54) is 36.9 Å². The van der Waals surface area contributed by atoms with Gasteiger partial charge in [-0.3, -0.25) is 0 Å². The second-order valence-electron chi connectivity index (χ2n) is 5.47. The summed E-state index contributed by atoms with van der Waals surface area (Å²) in [5.41, 5.74) is 2.65. The molecule has 1 heterocycles. The van der Waals surface area contributed by atoms with Crippen molar-refractivity contribution in [3.05, 3.63) is 23.8 Å². The Balaban J connectivity index is 1.71. The highest BCUT2D eigenvalue weighted by Crippen LogP contribution is 2.35. The minimum absolute atomic E-state index is 0.431. The van der Waals surface area contributed by atoms with Gasteiger partial charge in [0.05, 0.1) is 11.8 Å². The van der Waals surface area contributed by atoms with E-state index in [-0.39, 0.29) is 0 Å². The van der Waals surface area contributed by atoms with Crippen LogP contribution >= 0.6 is 0 Å². The Morgan fingerprint density at radius 2 is 2.00 bits per heavy atom. The van der Waals surface area contributed by atoms with Crippen molar-refractivity contribution in [2.45, 2.75) is 45.1 Å². The summed E-state index contributed by atoms with van der Waals surface area (Å²) in [6.45, 7) is 3.40. The predicted octanol–water partition coefficient (Wildman–Crippen LogP) is 3.61. The van der Waals surface area contributed by atoms with Crippen LogP contribution in [0.3, 0.4) is 0 Å². The molecule has 1 aromatic rings. The molecule has 0 aromatic heterocycles. The molecule has 0 amide bonds. The van der Waals surface area contributed by atoms with Gasteiger partial charge in [-0.1, -0.05) is 19.1 Å². The number of rotatable bonds is 2. The van der Waals surface area contributed by atoms with Crippen LogP contribution in [0.5, 0.6) is 5.75 Å². The molecule has 0 unspecified atom stereocenters. The molecule has 1 aromatic carbocycles. The van der Waals surface area contributed by atoms with E-state index in [1.807, 2.05) is 0 Å². The Labute approximate surface area is 103 Å². The minimum Gasteiger partial charge on any atom is -0.488 e. The summed E-state index contributed by atoms with van der Waals surface area (Å²) in [6.07, 6.45) is 6.62. The van der Waals surface area contributed by atoms with Crippen LogP contribution in [-0.4, -0.2) is 12.6 Å². The summed E-state index contributed by atoms with van der Waals surface area (Å²) in [5, 5.41) is 3.44. The van der Waals surface area contributed by atoms with Crippen LogP contribution in [0.25, 0.3) is 0 Å². The first kappa shape index (κ1) is 10.9. The predicted molar refractivity (Wildman–Crippen MR) is 70.7 cm³/mol.